The van der Waals surface area contributed by atoms with Crippen molar-refractivity contribution < 1.29 is 14.3 Å². The first kappa shape index (κ1) is 20.3. The number of aryl methyl sites for hydroxylation is 2. The summed E-state index contributed by atoms with van der Waals surface area (Å²) in [5.41, 5.74) is 3.78. The van der Waals surface area contributed by atoms with Crippen LogP contribution in [0.3, 0.4) is 0 Å². The third kappa shape index (κ3) is 5.09. The Hall–Kier alpha value is -2.44. The van der Waals surface area contributed by atoms with Gasteiger partial charge in [0, 0.05) is 51.0 Å². The van der Waals surface area contributed by atoms with E-state index in [1.54, 1.807) is 4.90 Å². The maximum absolute atomic E-state index is 12.6. The molecule has 0 unspecified atom stereocenters. The van der Waals surface area contributed by atoms with Gasteiger partial charge in [0.15, 0.2) is 0 Å². The molecule has 0 atom stereocenters. The van der Waals surface area contributed by atoms with Crippen LogP contribution in [0.25, 0.3) is 0 Å². The van der Waals surface area contributed by atoms with E-state index in [-0.39, 0.29) is 18.2 Å². The van der Waals surface area contributed by atoms with Crippen molar-refractivity contribution in [2.45, 2.75) is 39.7 Å². The van der Waals surface area contributed by atoms with Gasteiger partial charge in [-0.25, -0.2) is 9.59 Å². The Morgan fingerprint density at radius 2 is 1.57 bits per heavy atom. The molecule has 154 valence electrons. The van der Waals surface area contributed by atoms with Crippen LogP contribution >= 0.6 is 0 Å². The van der Waals surface area contributed by atoms with E-state index in [2.05, 4.69) is 42.3 Å². The Balaban J connectivity index is 1.44. The highest BCUT2D eigenvalue weighted by atomic mass is 16.6. The number of nitrogens with zero attached hydrogens (tertiary/aromatic N) is 3. The molecule has 3 rings (SSSR count). The van der Waals surface area contributed by atoms with Crippen LogP contribution in [0.5, 0.6) is 0 Å². The maximum atomic E-state index is 12.6. The number of carbonyl (C=O) groups excluding carboxylic acids is 2. The second-order valence-electron chi connectivity index (χ2n) is 7.73. The molecule has 7 nitrogen and oxygen atoms in total. The monoisotopic (exact) mass is 388 g/mol. The number of nitrogens with one attached hydrogen (secondary N) is 1. The second kappa shape index (κ2) is 9.17. The average molecular weight is 389 g/mol. The summed E-state index contributed by atoms with van der Waals surface area (Å²) in [6.07, 6.45) is 1.29. The summed E-state index contributed by atoms with van der Waals surface area (Å²) < 4.78 is 5.04. The van der Waals surface area contributed by atoms with Gasteiger partial charge in [0.25, 0.3) is 0 Å². The zero-order valence-corrected chi connectivity index (χ0v) is 17.2. The zero-order chi connectivity index (χ0) is 20.1. The highest BCUT2D eigenvalue weighted by molar-refractivity contribution is 5.75. The summed E-state index contributed by atoms with van der Waals surface area (Å²) >= 11 is 0. The number of carbonyl (C=O) groups is 2. The highest BCUT2D eigenvalue weighted by Gasteiger charge is 2.27. The Morgan fingerprint density at radius 3 is 2.14 bits per heavy atom. The molecule has 7 heteroatoms. The van der Waals surface area contributed by atoms with Crippen LogP contribution in [-0.4, -0.2) is 73.8 Å². The van der Waals surface area contributed by atoms with Gasteiger partial charge >= 0.3 is 12.1 Å². The number of piperazine rings is 1. The Kier molecular flexibility index (Phi) is 6.65. The molecule has 0 radical (unpaired) electrons. The van der Waals surface area contributed by atoms with Crippen molar-refractivity contribution in [3.05, 3.63) is 29.3 Å². The van der Waals surface area contributed by atoms with E-state index in [1.165, 1.54) is 16.8 Å². The van der Waals surface area contributed by atoms with Gasteiger partial charge in [-0.2, -0.15) is 0 Å². The number of hydrogen-bond acceptors (Lipinski definition) is 4. The number of amides is 3. The Morgan fingerprint density at radius 1 is 0.964 bits per heavy atom. The molecule has 1 N–H and O–H groups in total. The number of urea groups is 1. The minimum atomic E-state index is -0.255. The minimum Gasteiger partial charge on any atom is -0.450 e. The fraction of sp³-hybridized carbons (Fsp3) is 0.619. The first-order chi connectivity index (χ1) is 13.5. The van der Waals surface area contributed by atoms with E-state index in [4.69, 9.17) is 4.74 Å². The first-order valence-electron chi connectivity index (χ1n) is 10.3. The number of piperidine rings is 1. The highest BCUT2D eigenvalue weighted by Crippen LogP contribution is 2.20. The quantitative estimate of drug-likeness (QED) is 0.865. The summed E-state index contributed by atoms with van der Waals surface area (Å²) in [4.78, 5) is 30.4. The van der Waals surface area contributed by atoms with Crippen molar-refractivity contribution in [2.75, 3.05) is 50.8 Å². The largest absolute Gasteiger partial charge is 0.450 e. The average Bonchev–Trinajstić information content (AvgIpc) is 2.68. The molecule has 1 aromatic carbocycles. The van der Waals surface area contributed by atoms with E-state index < -0.39 is 0 Å². The molecule has 2 aliphatic rings. The second-order valence-corrected chi connectivity index (χ2v) is 7.73. The molecule has 2 aliphatic heterocycles. The first-order valence-corrected chi connectivity index (χ1v) is 10.3. The zero-order valence-electron chi connectivity index (χ0n) is 17.2. The van der Waals surface area contributed by atoms with E-state index >= 15 is 0 Å². The Bertz CT molecular complexity index is 673. The van der Waals surface area contributed by atoms with Gasteiger partial charge in [-0.3, -0.25) is 0 Å². The molecule has 0 spiro atoms. The van der Waals surface area contributed by atoms with Crippen LogP contribution < -0.4 is 10.2 Å². The van der Waals surface area contributed by atoms with Crippen molar-refractivity contribution in [1.29, 1.82) is 0 Å². The molecule has 0 aliphatic carbocycles. The number of hydrogen-bond donors (Lipinski definition) is 1. The predicted octanol–water partition coefficient (Wildman–Crippen LogP) is 2.76. The van der Waals surface area contributed by atoms with E-state index in [0.29, 0.717) is 19.7 Å². The number of ether oxygens (including phenoxy) is 1. The standard InChI is InChI=1S/C21H32N4O3/c1-4-28-21(27)25-7-5-18(6-8-25)22-20(26)24-11-9-23(10-12-24)19-14-16(2)13-17(3)15-19/h13-15,18H,4-12H2,1-3H3,(H,22,26). The fourth-order valence-electron chi connectivity index (χ4n) is 3.99. The predicted molar refractivity (Wildman–Crippen MR) is 110 cm³/mol. The van der Waals surface area contributed by atoms with Gasteiger partial charge in [-0.1, -0.05) is 6.07 Å². The molecule has 0 saturated carbocycles. The summed E-state index contributed by atoms with van der Waals surface area (Å²) in [6, 6.07) is 6.73. The lowest BCUT2D eigenvalue weighted by Gasteiger charge is -2.38. The number of rotatable bonds is 3. The minimum absolute atomic E-state index is 0.00894. The maximum Gasteiger partial charge on any atom is 0.409 e. The summed E-state index contributed by atoms with van der Waals surface area (Å²) in [7, 11) is 0. The smallest absolute Gasteiger partial charge is 0.409 e. The van der Waals surface area contributed by atoms with E-state index in [9.17, 15) is 9.59 Å². The molecule has 0 aromatic heterocycles. The number of benzene rings is 1. The molecule has 2 heterocycles. The molecule has 0 bridgehead atoms. The van der Waals surface area contributed by atoms with Gasteiger partial charge in [0.1, 0.15) is 0 Å². The molecule has 1 aromatic rings. The molecular weight excluding hydrogens is 356 g/mol. The lowest BCUT2D eigenvalue weighted by atomic mass is 10.1. The van der Waals surface area contributed by atoms with E-state index in [0.717, 1.165) is 39.0 Å². The summed E-state index contributed by atoms with van der Waals surface area (Å²) in [5.74, 6) is 0. The third-order valence-corrected chi connectivity index (χ3v) is 5.49. The van der Waals surface area contributed by atoms with Crippen molar-refractivity contribution >= 4 is 17.8 Å². The van der Waals surface area contributed by atoms with Crippen molar-refractivity contribution in [3.63, 3.8) is 0 Å². The summed E-state index contributed by atoms with van der Waals surface area (Å²) in [5, 5.41) is 3.14. The SMILES string of the molecule is CCOC(=O)N1CCC(NC(=O)N2CCN(c3cc(C)cc(C)c3)CC2)CC1. The van der Waals surface area contributed by atoms with Crippen LogP contribution in [0.2, 0.25) is 0 Å². The molecule has 3 amide bonds. The fourth-order valence-corrected chi connectivity index (χ4v) is 3.99. The molecular formula is C21H32N4O3. The van der Waals surface area contributed by atoms with Gasteiger partial charge < -0.3 is 24.8 Å². The number of likely N-dealkylation sites (tertiary alicyclic amines) is 1. The van der Waals surface area contributed by atoms with Gasteiger partial charge in [0.2, 0.25) is 0 Å². The van der Waals surface area contributed by atoms with E-state index in [1.807, 2.05) is 11.8 Å². The van der Waals surface area contributed by atoms with Crippen LogP contribution in [0.4, 0.5) is 15.3 Å². The van der Waals surface area contributed by atoms with Crippen molar-refractivity contribution in [3.8, 4) is 0 Å². The molecule has 28 heavy (non-hydrogen) atoms. The van der Waals surface area contributed by atoms with Crippen LogP contribution in [0.1, 0.15) is 30.9 Å². The van der Waals surface area contributed by atoms with Crippen LogP contribution in [0.15, 0.2) is 18.2 Å². The van der Waals surface area contributed by atoms with Gasteiger partial charge in [-0.15, -0.1) is 0 Å². The van der Waals surface area contributed by atoms with Crippen molar-refractivity contribution in [1.82, 2.24) is 15.1 Å². The Labute approximate surface area is 167 Å². The number of anilines is 1. The van der Waals surface area contributed by atoms with Gasteiger partial charge in [-0.05, 0) is 56.9 Å². The lowest BCUT2D eigenvalue weighted by Crippen LogP contribution is -2.55. The third-order valence-electron chi connectivity index (χ3n) is 5.49. The van der Waals surface area contributed by atoms with Crippen molar-refractivity contribution in [2.24, 2.45) is 0 Å². The topological polar surface area (TPSA) is 65.1 Å². The normalized spacial score (nSPS) is 18.2. The van der Waals surface area contributed by atoms with Crippen LogP contribution in [0, 0.1) is 13.8 Å². The van der Waals surface area contributed by atoms with Crippen LogP contribution in [-0.2, 0) is 4.74 Å². The lowest BCUT2D eigenvalue weighted by molar-refractivity contribution is 0.0950. The summed E-state index contributed by atoms with van der Waals surface area (Å²) in [6.45, 7) is 10.8. The molecule has 2 saturated heterocycles. The molecule has 2 fully saturated rings. The van der Waals surface area contributed by atoms with Gasteiger partial charge in [0.05, 0.1) is 6.61 Å².